The molecule has 1 amide bonds. The van der Waals surface area contributed by atoms with Crippen molar-refractivity contribution in [2.75, 3.05) is 36.5 Å². The molecule has 0 spiro atoms. The summed E-state index contributed by atoms with van der Waals surface area (Å²) in [6.45, 7) is 2.08. The van der Waals surface area contributed by atoms with Crippen molar-refractivity contribution in [1.29, 1.82) is 0 Å². The van der Waals surface area contributed by atoms with Crippen LogP contribution in [0.1, 0.15) is 5.56 Å². The topological polar surface area (TPSA) is 41.6 Å². The molecule has 1 aliphatic heterocycles. The molecule has 2 aromatic carbocycles. The fraction of sp³-hybridized carbons (Fsp3) is 0.278. The second-order valence-electron chi connectivity index (χ2n) is 5.74. The molecular weight excluding hydrogens is 333 g/mol. The van der Waals surface area contributed by atoms with Gasteiger partial charge in [-0.05, 0) is 29.8 Å². The van der Waals surface area contributed by atoms with E-state index in [1.165, 1.54) is 30.3 Å². The van der Waals surface area contributed by atoms with Crippen molar-refractivity contribution < 1.29 is 22.7 Å². The Labute approximate surface area is 143 Å². The third-order valence-electron chi connectivity index (χ3n) is 3.92. The first-order valence-electron chi connectivity index (χ1n) is 7.89. The Morgan fingerprint density at radius 2 is 1.76 bits per heavy atom. The van der Waals surface area contributed by atoms with Crippen molar-refractivity contribution in [3.63, 3.8) is 0 Å². The molecule has 1 saturated heterocycles. The van der Waals surface area contributed by atoms with Gasteiger partial charge in [-0.2, -0.15) is 0 Å². The van der Waals surface area contributed by atoms with Crippen LogP contribution >= 0.6 is 0 Å². The van der Waals surface area contributed by atoms with Gasteiger partial charge in [-0.15, -0.1) is 0 Å². The molecule has 132 valence electrons. The Balaban J connectivity index is 1.72. The van der Waals surface area contributed by atoms with Crippen LogP contribution in [0.3, 0.4) is 0 Å². The third kappa shape index (κ3) is 4.30. The molecule has 2 aromatic rings. The minimum atomic E-state index is -0.853. The van der Waals surface area contributed by atoms with E-state index < -0.39 is 29.0 Å². The Kier molecular flexibility index (Phi) is 5.23. The molecule has 0 bridgehead atoms. The van der Waals surface area contributed by atoms with E-state index in [4.69, 9.17) is 4.74 Å². The highest BCUT2D eigenvalue weighted by Crippen LogP contribution is 2.26. The largest absolute Gasteiger partial charge is 0.378 e. The van der Waals surface area contributed by atoms with Crippen molar-refractivity contribution in [3.05, 3.63) is 59.4 Å². The number of anilines is 2. The maximum atomic E-state index is 14.3. The molecule has 1 N–H and O–H groups in total. The SMILES string of the molecule is O=C(Cc1cccc(F)c1)Nc1c(F)cc(N2CCOCC2)cc1F. The Hall–Kier alpha value is -2.54. The van der Waals surface area contributed by atoms with Crippen LogP contribution in [-0.4, -0.2) is 32.2 Å². The van der Waals surface area contributed by atoms with Crippen LogP contribution in [0, 0.1) is 17.5 Å². The van der Waals surface area contributed by atoms with E-state index in [2.05, 4.69) is 5.32 Å². The molecule has 0 aromatic heterocycles. The van der Waals surface area contributed by atoms with Crippen LogP contribution < -0.4 is 10.2 Å². The second-order valence-corrected chi connectivity index (χ2v) is 5.74. The lowest BCUT2D eigenvalue weighted by Gasteiger charge is -2.29. The van der Waals surface area contributed by atoms with Crippen molar-refractivity contribution in [2.45, 2.75) is 6.42 Å². The predicted molar refractivity (Wildman–Crippen MR) is 88.1 cm³/mol. The number of morpholine rings is 1. The number of carbonyl (C=O) groups excluding carboxylic acids is 1. The second kappa shape index (κ2) is 7.57. The summed E-state index contributed by atoms with van der Waals surface area (Å²) in [5.74, 6) is -2.80. The zero-order chi connectivity index (χ0) is 17.8. The van der Waals surface area contributed by atoms with Crippen LogP contribution in [0.2, 0.25) is 0 Å². The first-order valence-corrected chi connectivity index (χ1v) is 7.89. The molecule has 0 saturated carbocycles. The molecule has 1 fully saturated rings. The molecule has 1 aliphatic rings. The van der Waals surface area contributed by atoms with Crippen molar-refractivity contribution in [1.82, 2.24) is 0 Å². The molecule has 0 aliphatic carbocycles. The molecule has 25 heavy (non-hydrogen) atoms. The molecule has 7 heteroatoms. The van der Waals surface area contributed by atoms with Crippen molar-refractivity contribution in [2.24, 2.45) is 0 Å². The molecule has 0 unspecified atom stereocenters. The van der Waals surface area contributed by atoms with E-state index in [1.54, 1.807) is 6.07 Å². The average molecular weight is 350 g/mol. The lowest BCUT2D eigenvalue weighted by Crippen LogP contribution is -2.36. The van der Waals surface area contributed by atoms with E-state index in [-0.39, 0.29) is 6.42 Å². The van der Waals surface area contributed by atoms with Gasteiger partial charge in [0.05, 0.1) is 19.6 Å². The van der Waals surface area contributed by atoms with Gasteiger partial charge in [0, 0.05) is 18.8 Å². The number of halogens is 3. The first-order chi connectivity index (χ1) is 12.0. The zero-order valence-corrected chi connectivity index (χ0v) is 13.4. The molecule has 0 radical (unpaired) electrons. The number of ether oxygens (including phenoxy) is 1. The zero-order valence-electron chi connectivity index (χ0n) is 13.4. The van der Waals surface area contributed by atoms with E-state index in [9.17, 15) is 18.0 Å². The number of carbonyl (C=O) groups is 1. The molecular formula is C18H17F3N2O2. The third-order valence-corrected chi connectivity index (χ3v) is 3.92. The lowest BCUT2D eigenvalue weighted by atomic mass is 10.1. The Morgan fingerprint density at radius 3 is 2.40 bits per heavy atom. The lowest BCUT2D eigenvalue weighted by molar-refractivity contribution is -0.115. The van der Waals surface area contributed by atoms with E-state index >= 15 is 0 Å². The number of nitrogens with zero attached hydrogens (tertiary/aromatic N) is 1. The average Bonchev–Trinajstić information content (AvgIpc) is 2.59. The summed E-state index contributed by atoms with van der Waals surface area (Å²) in [6, 6.07) is 7.87. The normalized spacial score (nSPS) is 14.4. The molecule has 0 atom stereocenters. The minimum absolute atomic E-state index is 0.179. The van der Waals surface area contributed by atoms with Crippen molar-refractivity contribution >= 4 is 17.3 Å². The number of nitrogens with one attached hydrogen (secondary N) is 1. The highest BCUT2D eigenvalue weighted by Gasteiger charge is 2.18. The number of benzene rings is 2. The summed E-state index contributed by atoms with van der Waals surface area (Å²) in [6.07, 6.45) is -0.179. The number of amides is 1. The van der Waals surface area contributed by atoms with Gasteiger partial charge in [0.15, 0.2) is 11.6 Å². The van der Waals surface area contributed by atoms with Crippen LogP contribution in [0.15, 0.2) is 36.4 Å². The maximum Gasteiger partial charge on any atom is 0.228 e. The summed E-state index contributed by atoms with van der Waals surface area (Å²) >= 11 is 0. The van der Waals surface area contributed by atoms with Gasteiger partial charge in [-0.1, -0.05) is 12.1 Å². The fourth-order valence-corrected chi connectivity index (χ4v) is 2.70. The Bertz CT molecular complexity index is 754. The van der Waals surface area contributed by atoms with E-state index in [0.717, 1.165) is 0 Å². The summed E-state index contributed by atoms with van der Waals surface area (Å²) in [4.78, 5) is 13.8. The predicted octanol–water partition coefficient (Wildman–Crippen LogP) is 3.12. The van der Waals surface area contributed by atoms with Crippen molar-refractivity contribution in [3.8, 4) is 0 Å². The number of hydrogen-bond acceptors (Lipinski definition) is 3. The summed E-state index contributed by atoms with van der Waals surface area (Å²) in [5.41, 5.74) is 0.322. The molecule has 1 heterocycles. The minimum Gasteiger partial charge on any atom is -0.378 e. The van der Waals surface area contributed by atoms with E-state index in [1.807, 2.05) is 4.90 Å². The highest BCUT2D eigenvalue weighted by atomic mass is 19.1. The van der Waals surface area contributed by atoms with Gasteiger partial charge < -0.3 is 15.0 Å². The smallest absolute Gasteiger partial charge is 0.228 e. The van der Waals surface area contributed by atoms with E-state index in [0.29, 0.717) is 37.6 Å². The van der Waals surface area contributed by atoms with Gasteiger partial charge in [0.25, 0.3) is 0 Å². The van der Waals surface area contributed by atoms with Crippen LogP contribution in [-0.2, 0) is 16.0 Å². The van der Waals surface area contributed by atoms with Gasteiger partial charge in [-0.3, -0.25) is 4.79 Å². The quantitative estimate of drug-likeness (QED) is 0.921. The molecule has 4 nitrogen and oxygen atoms in total. The number of hydrogen-bond donors (Lipinski definition) is 1. The molecule has 3 rings (SSSR count). The summed E-state index contributed by atoms with van der Waals surface area (Å²) in [5, 5.41) is 2.22. The monoisotopic (exact) mass is 350 g/mol. The summed E-state index contributed by atoms with van der Waals surface area (Å²) < 4.78 is 46.9. The fourth-order valence-electron chi connectivity index (χ4n) is 2.70. The summed E-state index contributed by atoms with van der Waals surface area (Å²) in [7, 11) is 0. The van der Waals surface area contributed by atoms with Crippen LogP contribution in [0.25, 0.3) is 0 Å². The number of rotatable bonds is 4. The van der Waals surface area contributed by atoms with Gasteiger partial charge in [0.1, 0.15) is 11.5 Å². The van der Waals surface area contributed by atoms with Gasteiger partial charge >= 0.3 is 0 Å². The Morgan fingerprint density at radius 1 is 1.08 bits per heavy atom. The first kappa shape index (κ1) is 17.3. The van der Waals surface area contributed by atoms with Gasteiger partial charge in [-0.25, -0.2) is 13.2 Å². The van der Waals surface area contributed by atoms with Crippen LogP contribution in [0.5, 0.6) is 0 Å². The maximum absolute atomic E-state index is 14.3. The standard InChI is InChI=1S/C18H17F3N2O2/c19-13-3-1-2-12(8-13)9-17(24)22-18-15(20)10-14(11-16(18)21)23-4-6-25-7-5-23/h1-3,8,10-11H,4-7,9H2,(H,22,24). The van der Waals surface area contributed by atoms with Gasteiger partial charge in [0.2, 0.25) is 5.91 Å². The highest BCUT2D eigenvalue weighted by molar-refractivity contribution is 5.92. The van der Waals surface area contributed by atoms with Crippen LogP contribution in [0.4, 0.5) is 24.5 Å².